The van der Waals surface area contributed by atoms with Gasteiger partial charge in [0.1, 0.15) is 11.4 Å². The van der Waals surface area contributed by atoms with Gasteiger partial charge in [0.2, 0.25) is 5.91 Å². The topological polar surface area (TPSA) is 82.5 Å². The summed E-state index contributed by atoms with van der Waals surface area (Å²) in [6.07, 6.45) is 0.611. The van der Waals surface area contributed by atoms with Gasteiger partial charge < -0.3 is 15.5 Å². The van der Waals surface area contributed by atoms with Gasteiger partial charge in [0.15, 0.2) is 0 Å². The van der Waals surface area contributed by atoms with Crippen LogP contribution in [0.25, 0.3) is 10.9 Å². The minimum absolute atomic E-state index is 0.00245. The molecule has 7 rings (SSSR count). The highest BCUT2D eigenvalue weighted by Gasteiger charge is 2.69. The Labute approximate surface area is 258 Å². The number of benzene rings is 3. The van der Waals surface area contributed by atoms with Crippen LogP contribution >= 0.6 is 23.2 Å². The first-order chi connectivity index (χ1) is 20.7. The van der Waals surface area contributed by atoms with E-state index >= 15 is 4.39 Å². The lowest BCUT2D eigenvalue weighted by Crippen LogP contribution is -2.52. The van der Waals surface area contributed by atoms with Gasteiger partial charge in [0, 0.05) is 64.4 Å². The summed E-state index contributed by atoms with van der Waals surface area (Å²) in [7, 11) is 3.91. The van der Waals surface area contributed by atoms with Crippen LogP contribution in [0, 0.1) is 5.82 Å². The standard InChI is InChI=1S/C32H31Cl2FN6O2/c1-4-40-26-16-25-19-10-8-17(30(42)36-12-13-39(2)3)14-23(19)38-41(25)29(26)27(20-6-5-7-22(34)28(20)35)32(40)21-11-9-18(33)15-24(21)37-31(32)43/h5-11,14-15,26-27,29H,4,12-13,16H2,1-3H3,(H,36,42)(H,37,43)/t26-,27-,29+,32+/m0/s1. The molecule has 11 heteroatoms. The molecular weight excluding hydrogens is 590 g/mol. The van der Waals surface area contributed by atoms with E-state index in [1.165, 1.54) is 6.07 Å². The zero-order chi connectivity index (χ0) is 30.2. The average Bonchev–Trinajstić information content (AvgIpc) is 3.66. The van der Waals surface area contributed by atoms with Crippen molar-refractivity contribution in [2.24, 2.45) is 0 Å². The van der Waals surface area contributed by atoms with Crippen molar-refractivity contribution in [1.82, 2.24) is 24.9 Å². The number of fused-ring (bicyclic) bond motifs is 7. The third kappa shape index (κ3) is 4.05. The molecule has 0 radical (unpaired) electrons. The maximum atomic E-state index is 16.0. The van der Waals surface area contributed by atoms with E-state index < -0.39 is 17.3 Å². The Kier molecular flexibility index (Phi) is 6.77. The van der Waals surface area contributed by atoms with Crippen LogP contribution in [0.2, 0.25) is 10.0 Å². The highest BCUT2D eigenvalue weighted by atomic mass is 35.5. The zero-order valence-electron chi connectivity index (χ0n) is 24.0. The first kappa shape index (κ1) is 28.3. The molecule has 222 valence electrons. The SMILES string of the molecule is CCN1[C@H]2Cc3c4ccc(C(=O)NCCN(C)C)cc4nn3[C@H]2[C@H](c2cccc(Cl)c2F)[C@]12C(=O)Nc1cc(Cl)ccc12. The number of likely N-dealkylation sites (N-methyl/N-ethyl adjacent to an activating group) is 2. The van der Waals surface area contributed by atoms with Crippen LogP contribution in [0.4, 0.5) is 10.1 Å². The number of likely N-dealkylation sites (tertiary alicyclic amines) is 1. The summed E-state index contributed by atoms with van der Waals surface area (Å²) in [5.74, 6) is -1.57. The second-order valence-electron chi connectivity index (χ2n) is 11.8. The van der Waals surface area contributed by atoms with Crippen molar-refractivity contribution in [3.8, 4) is 0 Å². The van der Waals surface area contributed by atoms with E-state index in [0.29, 0.717) is 46.9 Å². The van der Waals surface area contributed by atoms with Crippen LogP contribution in [0.5, 0.6) is 0 Å². The van der Waals surface area contributed by atoms with Gasteiger partial charge in [-0.15, -0.1) is 0 Å². The largest absolute Gasteiger partial charge is 0.351 e. The number of halogens is 3. The molecule has 1 aromatic heterocycles. The number of rotatable bonds is 6. The molecule has 2 N–H and O–H groups in total. The Bertz CT molecular complexity index is 1810. The molecule has 2 amide bonds. The van der Waals surface area contributed by atoms with Crippen LogP contribution in [-0.2, 0) is 16.8 Å². The van der Waals surface area contributed by atoms with Gasteiger partial charge in [0.25, 0.3) is 5.91 Å². The maximum Gasteiger partial charge on any atom is 0.251 e. The van der Waals surface area contributed by atoms with Crippen molar-refractivity contribution in [2.75, 3.05) is 39.0 Å². The predicted octanol–water partition coefficient (Wildman–Crippen LogP) is 5.21. The zero-order valence-corrected chi connectivity index (χ0v) is 25.5. The fraction of sp³-hybridized carbons (Fsp3) is 0.344. The quantitative estimate of drug-likeness (QED) is 0.309. The monoisotopic (exact) mass is 620 g/mol. The van der Waals surface area contributed by atoms with Crippen LogP contribution in [0.3, 0.4) is 0 Å². The smallest absolute Gasteiger partial charge is 0.251 e. The molecule has 4 atom stereocenters. The first-order valence-corrected chi connectivity index (χ1v) is 15.2. The van der Waals surface area contributed by atoms with E-state index in [9.17, 15) is 9.59 Å². The Balaban J connectivity index is 1.39. The van der Waals surface area contributed by atoms with Gasteiger partial charge in [-0.1, -0.05) is 54.4 Å². The fourth-order valence-electron chi connectivity index (χ4n) is 7.61. The molecule has 0 aliphatic carbocycles. The number of aromatic nitrogens is 2. The number of hydrogen-bond acceptors (Lipinski definition) is 5. The van der Waals surface area contributed by atoms with Crippen LogP contribution in [0.1, 0.15) is 46.1 Å². The van der Waals surface area contributed by atoms with E-state index in [1.807, 2.05) is 48.8 Å². The van der Waals surface area contributed by atoms with Crippen LogP contribution < -0.4 is 10.6 Å². The van der Waals surface area contributed by atoms with Gasteiger partial charge in [0.05, 0.1) is 16.6 Å². The second kappa shape index (κ2) is 10.3. The number of hydrogen-bond donors (Lipinski definition) is 2. The first-order valence-electron chi connectivity index (χ1n) is 14.4. The summed E-state index contributed by atoms with van der Waals surface area (Å²) in [5, 5.41) is 12.5. The molecule has 1 fully saturated rings. The molecule has 3 aromatic carbocycles. The summed E-state index contributed by atoms with van der Waals surface area (Å²) >= 11 is 12.7. The van der Waals surface area contributed by atoms with Crippen LogP contribution in [-0.4, -0.2) is 71.2 Å². The highest BCUT2D eigenvalue weighted by Crippen LogP contribution is 2.63. The summed E-state index contributed by atoms with van der Waals surface area (Å²) in [6, 6.07) is 15.4. The van der Waals surface area contributed by atoms with Crippen LogP contribution in [0.15, 0.2) is 54.6 Å². The normalized spacial score (nSPS) is 24.1. The highest BCUT2D eigenvalue weighted by molar-refractivity contribution is 6.31. The summed E-state index contributed by atoms with van der Waals surface area (Å²) < 4.78 is 18.0. The van der Waals surface area contributed by atoms with Crippen molar-refractivity contribution in [3.05, 3.63) is 92.8 Å². The minimum atomic E-state index is -1.21. The Morgan fingerprint density at radius 3 is 2.77 bits per heavy atom. The molecule has 1 spiro atoms. The average molecular weight is 622 g/mol. The van der Waals surface area contributed by atoms with E-state index in [1.54, 1.807) is 30.3 Å². The molecule has 4 aromatic rings. The maximum absolute atomic E-state index is 16.0. The summed E-state index contributed by atoms with van der Waals surface area (Å²) in [4.78, 5) is 31.3. The van der Waals surface area contributed by atoms with Gasteiger partial charge in [-0.3, -0.25) is 19.2 Å². The number of anilines is 1. The molecule has 0 unspecified atom stereocenters. The van der Waals surface area contributed by atoms with E-state index in [0.717, 1.165) is 23.2 Å². The molecule has 3 aliphatic heterocycles. The van der Waals surface area contributed by atoms with Crippen molar-refractivity contribution < 1.29 is 14.0 Å². The molecule has 4 heterocycles. The van der Waals surface area contributed by atoms with Gasteiger partial charge in [-0.05, 0) is 56.5 Å². The Morgan fingerprint density at radius 2 is 2.00 bits per heavy atom. The molecule has 8 nitrogen and oxygen atoms in total. The lowest BCUT2D eigenvalue weighted by Gasteiger charge is -2.39. The molecule has 3 aliphatic rings. The van der Waals surface area contributed by atoms with Crippen molar-refractivity contribution in [2.45, 2.75) is 36.9 Å². The number of carbonyl (C=O) groups is 2. The van der Waals surface area contributed by atoms with E-state index in [4.69, 9.17) is 28.3 Å². The van der Waals surface area contributed by atoms with Crippen molar-refractivity contribution in [1.29, 1.82) is 0 Å². The number of nitrogens with one attached hydrogen (secondary N) is 2. The lowest BCUT2D eigenvalue weighted by atomic mass is 9.73. The minimum Gasteiger partial charge on any atom is -0.351 e. The summed E-state index contributed by atoms with van der Waals surface area (Å²) in [5.41, 5.74) is 2.76. The van der Waals surface area contributed by atoms with Gasteiger partial charge in [-0.2, -0.15) is 5.10 Å². The van der Waals surface area contributed by atoms with Crippen molar-refractivity contribution in [3.63, 3.8) is 0 Å². The Hall–Kier alpha value is -3.50. The second-order valence-corrected chi connectivity index (χ2v) is 12.6. The van der Waals surface area contributed by atoms with E-state index in [2.05, 4.69) is 15.5 Å². The fourth-order valence-corrected chi connectivity index (χ4v) is 7.97. The summed E-state index contributed by atoms with van der Waals surface area (Å²) in [6.45, 7) is 3.84. The molecule has 0 saturated carbocycles. The number of carbonyl (C=O) groups excluding carboxylic acids is 2. The van der Waals surface area contributed by atoms with Crippen molar-refractivity contribution >= 4 is 51.6 Å². The van der Waals surface area contributed by atoms with E-state index in [-0.39, 0.29) is 28.9 Å². The van der Waals surface area contributed by atoms with Gasteiger partial charge in [-0.25, -0.2) is 4.39 Å². The number of nitrogens with zero attached hydrogens (tertiary/aromatic N) is 4. The lowest BCUT2D eigenvalue weighted by molar-refractivity contribution is -0.127. The van der Waals surface area contributed by atoms with Gasteiger partial charge >= 0.3 is 0 Å². The number of amides is 2. The molecular formula is C32H31Cl2FN6O2. The Morgan fingerprint density at radius 1 is 1.19 bits per heavy atom. The third-order valence-corrected chi connectivity index (χ3v) is 9.80. The molecule has 0 bridgehead atoms. The molecule has 1 saturated heterocycles. The molecule has 43 heavy (non-hydrogen) atoms. The third-order valence-electron chi connectivity index (χ3n) is 9.28. The predicted molar refractivity (Wildman–Crippen MR) is 165 cm³/mol.